The maximum absolute atomic E-state index is 12.7. The molecule has 2 fully saturated rings. The third-order valence-corrected chi connectivity index (χ3v) is 7.09. The van der Waals surface area contributed by atoms with E-state index in [4.69, 9.17) is 11.6 Å². The van der Waals surface area contributed by atoms with Crippen molar-refractivity contribution in [2.45, 2.75) is 36.2 Å². The van der Waals surface area contributed by atoms with Gasteiger partial charge < -0.3 is 5.32 Å². The van der Waals surface area contributed by atoms with E-state index in [1.807, 2.05) is 0 Å². The summed E-state index contributed by atoms with van der Waals surface area (Å²) in [6.45, 7) is 1.13. The molecule has 1 aromatic rings. The molecule has 0 spiro atoms. The van der Waals surface area contributed by atoms with Crippen LogP contribution in [0.25, 0.3) is 0 Å². The summed E-state index contributed by atoms with van der Waals surface area (Å²) in [6.07, 6.45) is 3.09. The molecule has 0 amide bonds. The Hall–Kier alpha value is 0.150. The first-order valence-electron chi connectivity index (χ1n) is 6.68. The highest BCUT2D eigenvalue weighted by atomic mass is 79.9. The molecule has 8 heteroatoms. The van der Waals surface area contributed by atoms with Gasteiger partial charge in [0.05, 0.1) is 9.92 Å². The first kappa shape index (κ1) is 17.5. The molecule has 2 unspecified atom stereocenters. The summed E-state index contributed by atoms with van der Waals surface area (Å²) in [5, 5.41) is 4.00. The molecule has 2 atom stereocenters. The van der Waals surface area contributed by atoms with Crippen molar-refractivity contribution in [1.82, 2.24) is 9.62 Å². The zero-order valence-corrected chi connectivity index (χ0v) is 15.2. The lowest BCUT2D eigenvalue weighted by Gasteiger charge is -2.23. The summed E-state index contributed by atoms with van der Waals surface area (Å²) in [5.41, 5.74) is 0. The second-order valence-electron chi connectivity index (χ2n) is 5.37. The summed E-state index contributed by atoms with van der Waals surface area (Å²) in [5.74, 6) is 0. The van der Waals surface area contributed by atoms with Gasteiger partial charge in [0.2, 0.25) is 10.0 Å². The SMILES string of the molecule is Cl.O=S(=O)(c1ccc(Cl)c(Br)c1)N1CCC2CCC(C1)N2. The molecule has 1 N–H and O–H groups in total. The number of nitrogens with one attached hydrogen (secondary N) is 1. The molecule has 0 aliphatic carbocycles. The van der Waals surface area contributed by atoms with Gasteiger partial charge in [0.25, 0.3) is 0 Å². The van der Waals surface area contributed by atoms with E-state index in [9.17, 15) is 8.42 Å². The van der Waals surface area contributed by atoms with E-state index < -0.39 is 10.0 Å². The minimum absolute atomic E-state index is 0. The molecule has 2 aliphatic heterocycles. The second kappa shape index (κ2) is 6.72. The van der Waals surface area contributed by atoms with E-state index in [2.05, 4.69) is 21.2 Å². The predicted octanol–water partition coefficient (Wildman–Crippen LogP) is 3.04. The largest absolute Gasteiger partial charge is 0.310 e. The third-order valence-electron chi connectivity index (χ3n) is 4.01. The fourth-order valence-corrected chi connectivity index (χ4v) is 5.09. The fraction of sp³-hybridized carbons (Fsp3) is 0.538. The Morgan fingerprint density at radius 1 is 1.24 bits per heavy atom. The Balaban J connectivity index is 0.00000161. The van der Waals surface area contributed by atoms with Gasteiger partial charge in [-0.3, -0.25) is 0 Å². The van der Waals surface area contributed by atoms with Gasteiger partial charge in [-0.1, -0.05) is 11.6 Å². The monoisotopic (exact) mass is 414 g/mol. The standard InChI is InChI=1S/C13H16BrClN2O2S.ClH/c14-12-7-11(3-4-13(12)15)20(18,19)17-6-5-9-1-2-10(8-17)16-9;/h3-4,7,9-10,16H,1-2,5-6,8H2;1H. The summed E-state index contributed by atoms with van der Waals surface area (Å²) in [4.78, 5) is 0.298. The highest BCUT2D eigenvalue weighted by molar-refractivity contribution is 9.10. The van der Waals surface area contributed by atoms with Crippen molar-refractivity contribution >= 4 is 50.0 Å². The minimum atomic E-state index is -3.44. The Morgan fingerprint density at radius 3 is 2.67 bits per heavy atom. The van der Waals surface area contributed by atoms with E-state index in [-0.39, 0.29) is 18.4 Å². The Kier molecular flexibility index (Phi) is 5.60. The zero-order chi connectivity index (χ0) is 14.3. The molecule has 21 heavy (non-hydrogen) atoms. The molecular weight excluding hydrogens is 399 g/mol. The van der Waals surface area contributed by atoms with Crippen LogP contribution in [0.15, 0.2) is 27.6 Å². The maximum atomic E-state index is 12.7. The van der Waals surface area contributed by atoms with Crippen LogP contribution in [0.4, 0.5) is 0 Å². The molecule has 0 aromatic heterocycles. The number of fused-ring (bicyclic) bond motifs is 2. The van der Waals surface area contributed by atoms with Gasteiger partial charge in [0.1, 0.15) is 0 Å². The van der Waals surface area contributed by atoms with Crippen LogP contribution < -0.4 is 5.32 Å². The summed E-state index contributed by atoms with van der Waals surface area (Å²) < 4.78 is 27.6. The number of sulfonamides is 1. The normalized spacial score (nSPS) is 26.2. The van der Waals surface area contributed by atoms with Crippen molar-refractivity contribution in [1.29, 1.82) is 0 Å². The number of halogens is 3. The molecule has 118 valence electrons. The molecule has 2 saturated heterocycles. The van der Waals surface area contributed by atoms with Crippen LogP contribution in [0.5, 0.6) is 0 Å². The van der Waals surface area contributed by atoms with E-state index >= 15 is 0 Å². The van der Waals surface area contributed by atoms with Gasteiger partial charge in [-0.15, -0.1) is 12.4 Å². The van der Waals surface area contributed by atoms with Gasteiger partial charge in [0, 0.05) is 29.6 Å². The van der Waals surface area contributed by atoms with E-state index in [1.165, 1.54) is 0 Å². The lowest BCUT2D eigenvalue weighted by Crippen LogP contribution is -2.39. The molecule has 2 bridgehead atoms. The van der Waals surface area contributed by atoms with Crippen molar-refractivity contribution in [3.63, 3.8) is 0 Å². The molecule has 1 aromatic carbocycles. The van der Waals surface area contributed by atoms with Crippen LogP contribution in [0, 0.1) is 0 Å². The number of rotatable bonds is 2. The Morgan fingerprint density at radius 2 is 1.95 bits per heavy atom. The van der Waals surface area contributed by atoms with Crippen LogP contribution in [0.1, 0.15) is 19.3 Å². The van der Waals surface area contributed by atoms with Crippen LogP contribution in [0.3, 0.4) is 0 Å². The molecule has 0 saturated carbocycles. The van der Waals surface area contributed by atoms with E-state index in [0.29, 0.717) is 33.5 Å². The van der Waals surface area contributed by atoms with Crippen molar-refractivity contribution in [2.24, 2.45) is 0 Å². The van der Waals surface area contributed by atoms with Gasteiger partial charge in [-0.2, -0.15) is 4.31 Å². The van der Waals surface area contributed by atoms with Gasteiger partial charge in [-0.25, -0.2) is 8.42 Å². The van der Waals surface area contributed by atoms with Gasteiger partial charge in [-0.05, 0) is 53.4 Å². The quantitative estimate of drug-likeness (QED) is 0.807. The zero-order valence-electron chi connectivity index (χ0n) is 11.3. The fourth-order valence-electron chi connectivity index (χ4n) is 2.92. The lowest BCUT2D eigenvalue weighted by molar-refractivity contribution is 0.383. The van der Waals surface area contributed by atoms with Gasteiger partial charge in [0.15, 0.2) is 0 Å². The predicted molar refractivity (Wildman–Crippen MR) is 89.7 cm³/mol. The van der Waals surface area contributed by atoms with Crippen molar-refractivity contribution in [3.05, 3.63) is 27.7 Å². The average Bonchev–Trinajstić information content (AvgIpc) is 2.71. The van der Waals surface area contributed by atoms with Crippen LogP contribution in [-0.2, 0) is 10.0 Å². The smallest absolute Gasteiger partial charge is 0.243 e. The van der Waals surface area contributed by atoms with E-state index in [1.54, 1.807) is 22.5 Å². The first-order chi connectivity index (χ1) is 9.46. The molecule has 2 aliphatic rings. The molecule has 4 nitrogen and oxygen atoms in total. The highest BCUT2D eigenvalue weighted by Gasteiger charge is 2.34. The van der Waals surface area contributed by atoms with Crippen LogP contribution in [0.2, 0.25) is 5.02 Å². The number of benzene rings is 1. The Labute approximate surface area is 144 Å². The van der Waals surface area contributed by atoms with Crippen LogP contribution >= 0.6 is 39.9 Å². The molecule has 3 rings (SSSR count). The summed E-state index contributed by atoms with van der Waals surface area (Å²) in [6, 6.07) is 5.51. The molecule has 2 heterocycles. The Bertz CT molecular complexity index is 627. The number of hydrogen-bond donors (Lipinski definition) is 1. The minimum Gasteiger partial charge on any atom is -0.310 e. The molecular formula is C13H17BrCl2N2O2S. The van der Waals surface area contributed by atoms with Gasteiger partial charge >= 0.3 is 0 Å². The maximum Gasteiger partial charge on any atom is 0.243 e. The summed E-state index contributed by atoms with van der Waals surface area (Å²) >= 11 is 9.21. The highest BCUT2D eigenvalue weighted by Crippen LogP contribution is 2.29. The first-order valence-corrected chi connectivity index (χ1v) is 9.29. The van der Waals surface area contributed by atoms with Crippen molar-refractivity contribution in [2.75, 3.05) is 13.1 Å². The number of nitrogens with zero attached hydrogens (tertiary/aromatic N) is 1. The van der Waals surface area contributed by atoms with Crippen molar-refractivity contribution < 1.29 is 8.42 Å². The van der Waals surface area contributed by atoms with E-state index in [0.717, 1.165) is 19.3 Å². The van der Waals surface area contributed by atoms with Crippen molar-refractivity contribution in [3.8, 4) is 0 Å². The second-order valence-corrected chi connectivity index (χ2v) is 8.56. The average molecular weight is 416 g/mol. The topological polar surface area (TPSA) is 49.4 Å². The summed E-state index contributed by atoms with van der Waals surface area (Å²) in [7, 11) is -3.44. The number of hydrogen-bond acceptors (Lipinski definition) is 3. The molecule has 0 radical (unpaired) electrons. The van der Waals surface area contributed by atoms with Crippen LogP contribution in [-0.4, -0.2) is 37.9 Å². The third kappa shape index (κ3) is 3.57. The lowest BCUT2D eigenvalue weighted by atomic mass is 10.1.